The fourth-order valence-electron chi connectivity index (χ4n) is 4.25. The van der Waals surface area contributed by atoms with Crippen molar-refractivity contribution in [1.82, 2.24) is 9.80 Å². The molecule has 0 bridgehead atoms. The summed E-state index contributed by atoms with van der Waals surface area (Å²) in [5, 5.41) is 22.8. The van der Waals surface area contributed by atoms with E-state index in [2.05, 4.69) is 9.80 Å². The van der Waals surface area contributed by atoms with Crippen LogP contribution in [0.1, 0.15) is 17.5 Å². The highest BCUT2D eigenvalue weighted by atomic mass is 32.2. The monoisotopic (exact) mass is 452 g/mol. The van der Waals surface area contributed by atoms with Gasteiger partial charge in [-0.25, -0.2) is 0 Å². The molecule has 0 saturated carbocycles. The Morgan fingerprint density at radius 1 is 0.935 bits per heavy atom. The van der Waals surface area contributed by atoms with E-state index in [4.69, 9.17) is 5.11 Å². The standard InChI is InChI=1S/C22H25F3N3O2S/c23-22(24,25)17-7-8-20-21(28(30)18-5-1-2-6-19(18)31-20)16(17)4-3-9-26-10-12-27(13-11-26)14-15-29/h1-2,5-8,29H,3-4,9-15H2/q-1. The third-order valence-electron chi connectivity index (χ3n) is 5.84. The average Bonchev–Trinajstić information content (AvgIpc) is 2.74. The molecule has 0 aliphatic carbocycles. The van der Waals surface area contributed by atoms with Gasteiger partial charge in [-0.05, 0) is 49.2 Å². The van der Waals surface area contributed by atoms with Gasteiger partial charge in [0.25, 0.3) is 0 Å². The number of hydrogen-bond donors (Lipinski definition) is 1. The third kappa shape index (κ3) is 4.85. The predicted octanol–water partition coefficient (Wildman–Crippen LogP) is 4.35. The lowest BCUT2D eigenvalue weighted by Crippen LogP contribution is -2.47. The molecule has 0 radical (unpaired) electrons. The molecular weight excluding hydrogens is 427 g/mol. The van der Waals surface area contributed by atoms with E-state index in [0.29, 0.717) is 35.2 Å². The first-order chi connectivity index (χ1) is 14.9. The first kappa shape index (κ1) is 22.4. The number of halogens is 3. The lowest BCUT2D eigenvalue weighted by Gasteiger charge is -2.40. The maximum Gasteiger partial charge on any atom is 0.416 e. The molecule has 1 N–H and O–H groups in total. The van der Waals surface area contributed by atoms with Crippen LogP contribution in [0.25, 0.3) is 0 Å². The second kappa shape index (κ2) is 9.38. The average molecular weight is 453 g/mol. The first-order valence-corrected chi connectivity index (χ1v) is 11.2. The SMILES string of the molecule is [O-]N1c2ccccc2Sc2ccc(C(F)(F)F)c(CCCN3CCN(CCO)CC3)c21. The largest absolute Gasteiger partial charge is 0.754 e. The van der Waals surface area contributed by atoms with Crippen molar-refractivity contribution in [3.8, 4) is 0 Å². The lowest BCUT2D eigenvalue weighted by atomic mass is 9.99. The summed E-state index contributed by atoms with van der Waals surface area (Å²) in [4.78, 5) is 5.72. The number of hydrogen-bond acceptors (Lipinski definition) is 6. The Bertz CT molecular complexity index is 917. The second-order valence-corrected chi connectivity index (χ2v) is 8.89. The number of piperazine rings is 1. The van der Waals surface area contributed by atoms with Crippen molar-refractivity contribution in [3.63, 3.8) is 0 Å². The molecule has 2 aliphatic rings. The molecule has 9 heteroatoms. The summed E-state index contributed by atoms with van der Waals surface area (Å²) in [7, 11) is 0. The van der Waals surface area contributed by atoms with Gasteiger partial charge in [-0.2, -0.15) is 13.2 Å². The number of benzene rings is 2. The Hall–Kier alpha value is -1.78. The van der Waals surface area contributed by atoms with Crippen molar-refractivity contribution in [2.24, 2.45) is 0 Å². The Labute approximate surface area is 184 Å². The zero-order valence-corrected chi connectivity index (χ0v) is 17.9. The predicted molar refractivity (Wildman–Crippen MR) is 116 cm³/mol. The third-order valence-corrected chi connectivity index (χ3v) is 6.95. The van der Waals surface area contributed by atoms with Crippen molar-refractivity contribution in [1.29, 1.82) is 0 Å². The molecule has 168 valence electrons. The highest BCUT2D eigenvalue weighted by Gasteiger charge is 2.36. The molecule has 0 spiro atoms. The topological polar surface area (TPSA) is 53.0 Å². The van der Waals surface area contributed by atoms with Gasteiger partial charge in [0.05, 0.1) is 12.2 Å². The van der Waals surface area contributed by atoms with E-state index in [-0.39, 0.29) is 24.3 Å². The summed E-state index contributed by atoms with van der Waals surface area (Å²) >= 11 is 1.34. The van der Waals surface area contributed by atoms with Gasteiger partial charge >= 0.3 is 6.18 Å². The Kier molecular flexibility index (Phi) is 6.78. The fraction of sp³-hybridized carbons (Fsp3) is 0.455. The van der Waals surface area contributed by atoms with Crippen LogP contribution in [0.2, 0.25) is 0 Å². The number of β-amino-alcohol motifs (C(OH)–C–C–N with tert-alkyl or cyclic N) is 1. The number of aliphatic hydroxyl groups is 1. The van der Waals surface area contributed by atoms with Crippen molar-refractivity contribution in [2.75, 3.05) is 50.9 Å². The number of fused-ring (bicyclic) bond motifs is 2. The Morgan fingerprint density at radius 3 is 2.29 bits per heavy atom. The molecule has 2 aromatic rings. The number of alkyl halides is 3. The zero-order chi connectivity index (χ0) is 22.0. The van der Waals surface area contributed by atoms with Crippen LogP contribution in [-0.2, 0) is 12.6 Å². The van der Waals surface area contributed by atoms with Gasteiger partial charge in [0.2, 0.25) is 0 Å². The fourth-order valence-corrected chi connectivity index (χ4v) is 5.32. The highest BCUT2D eigenvalue weighted by molar-refractivity contribution is 7.99. The summed E-state index contributed by atoms with van der Waals surface area (Å²) in [6.45, 7) is 4.81. The van der Waals surface area contributed by atoms with Crippen LogP contribution in [0, 0.1) is 5.21 Å². The van der Waals surface area contributed by atoms with Crippen LogP contribution < -0.4 is 5.06 Å². The summed E-state index contributed by atoms with van der Waals surface area (Å²) in [6.07, 6.45) is -3.78. The molecule has 0 atom stereocenters. The Morgan fingerprint density at radius 2 is 1.61 bits per heavy atom. The molecule has 2 heterocycles. The number of rotatable bonds is 6. The van der Waals surface area contributed by atoms with E-state index in [0.717, 1.165) is 37.1 Å². The van der Waals surface area contributed by atoms with Crippen molar-refractivity contribution in [3.05, 3.63) is 52.7 Å². The molecule has 1 fully saturated rings. The molecule has 2 aromatic carbocycles. The van der Waals surface area contributed by atoms with Crippen LogP contribution in [-0.4, -0.2) is 60.8 Å². The van der Waals surface area contributed by atoms with E-state index < -0.39 is 11.7 Å². The van der Waals surface area contributed by atoms with Crippen LogP contribution in [0.15, 0.2) is 46.2 Å². The van der Waals surface area contributed by atoms with Gasteiger partial charge in [0.15, 0.2) is 0 Å². The normalized spacial score (nSPS) is 17.5. The molecule has 2 aliphatic heterocycles. The van der Waals surface area contributed by atoms with E-state index in [1.807, 2.05) is 12.1 Å². The van der Waals surface area contributed by atoms with Crippen LogP contribution in [0.4, 0.5) is 24.5 Å². The lowest BCUT2D eigenvalue weighted by molar-refractivity contribution is -0.138. The van der Waals surface area contributed by atoms with Crippen LogP contribution in [0.5, 0.6) is 0 Å². The van der Waals surface area contributed by atoms with E-state index in [1.54, 1.807) is 12.1 Å². The minimum Gasteiger partial charge on any atom is -0.754 e. The quantitative estimate of drug-likeness (QED) is 0.704. The zero-order valence-electron chi connectivity index (χ0n) is 17.1. The van der Waals surface area contributed by atoms with Gasteiger partial charge in [0, 0.05) is 53.9 Å². The van der Waals surface area contributed by atoms with Crippen molar-refractivity contribution >= 4 is 23.1 Å². The van der Waals surface area contributed by atoms with Gasteiger partial charge in [-0.1, -0.05) is 23.9 Å². The minimum absolute atomic E-state index is 0.0842. The maximum atomic E-state index is 13.8. The van der Waals surface area contributed by atoms with E-state index in [9.17, 15) is 18.4 Å². The Balaban J connectivity index is 1.53. The number of anilines is 2. The molecule has 0 unspecified atom stereocenters. The molecule has 0 aromatic heterocycles. The van der Waals surface area contributed by atoms with Gasteiger partial charge in [0.1, 0.15) is 0 Å². The van der Waals surface area contributed by atoms with Gasteiger partial charge < -0.3 is 20.3 Å². The van der Waals surface area contributed by atoms with Crippen molar-refractivity contribution in [2.45, 2.75) is 28.8 Å². The molecule has 4 rings (SSSR count). The second-order valence-electron chi connectivity index (χ2n) is 7.81. The first-order valence-electron chi connectivity index (χ1n) is 10.4. The number of aliphatic hydroxyl groups excluding tert-OH is 1. The summed E-state index contributed by atoms with van der Waals surface area (Å²) in [5.41, 5.74) is -0.118. The summed E-state index contributed by atoms with van der Waals surface area (Å²) < 4.78 is 41.3. The van der Waals surface area contributed by atoms with Crippen LogP contribution >= 0.6 is 11.8 Å². The van der Waals surface area contributed by atoms with Crippen LogP contribution in [0.3, 0.4) is 0 Å². The maximum absolute atomic E-state index is 13.8. The van der Waals surface area contributed by atoms with Crippen molar-refractivity contribution < 1.29 is 18.3 Å². The van der Waals surface area contributed by atoms with Gasteiger partial charge in [-0.15, -0.1) is 0 Å². The molecule has 1 saturated heterocycles. The molecule has 31 heavy (non-hydrogen) atoms. The van der Waals surface area contributed by atoms with E-state index >= 15 is 0 Å². The summed E-state index contributed by atoms with van der Waals surface area (Å²) in [5.74, 6) is 0. The van der Waals surface area contributed by atoms with Gasteiger partial charge in [-0.3, -0.25) is 4.90 Å². The number of para-hydroxylation sites is 1. The molecular formula is C22H25F3N3O2S-. The number of nitrogens with zero attached hydrogens (tertiary/aromatic N) is 3. The summed E-state index contributed by atoms with van der Waals surface area (Å²) in [6, 6.07) is 9.51. The van der Waals surface area contributed by atoms with E-state index in [1.165, 1.54) is 17.8 Å². The highest BCUT2D eigenvalue weighted by Crippen LogP contribution is 2.51. The molecule has 5 nitrogen and oxygen atoms in total. The smallest absolute Gasteiger partial charge is 0.416 e. The minimum atomic E-state index is -4.51. The molecule has 0 amide bonds.